The smallest absolute Gasteiger partial charge is 0.200 e. The van der Waals surface area contributed by atoms with E-state index in [9.17, 15) is 4.79 Å². The van der Waals surface area contributed by atoms with Gasteiger partial charge in [-0.15, -0.1) is 10.2 Å². The molecule has 0 saturated heterocycles. The Hall–Kier alpha value is -2.28. The van der Waals surface area contributed by atoms with Crippen LogP contribution in [-0.4, -0.2) is 30.9 Å². The molecule has 150 valence electrons. The Balaban J connectivity index is 1.72. The molecule has 0 unspecified atom stereocenters. The normalized spacial score (nSPS) is 11.5. The second kappa shape index (κ2) is 8.82. The Morgan fingerprint density at radius 1 is 1.25 bits per heavy atom. The van der Waals surface area contributed by atoms with E-state index in [1.807, 2.05) is 36.6 Å². The van der Waals surface area contributed by atoms with Gasteiger partial charge in [-0.05, 0) is 51.3 Å². The summed E-state index contributed by atoms with van der Waals surface area (Å²) < 4.78 is 9.67. The summed E-state index contributed by atoms with van der Waals surface area (Å²) in [7, 11) is 0. The molecule has 0 bridgehead atoms. The molecule has 0 N–H and O–H groups in total. The fourth-order valence-electron chi connectivity index (χ4n) is 3.29. The van der Waals surface area contributed by atoms with Crippen LogP contribution in [-0.2, 0) is 13.1 Å². The van der Waals surface area contributed by atoms with Crippen LogP contribution in [0.2, 0.25) is 0 Å². The molecule has 7 heteroatoms. The number of Topliss-reactive ketones (excluding diaryl/α,β-unsaturated/α-hetero) is 1. The van der Waals surface area contributed by atoms with Crippen LogP contribution in [0.5, 0.6) is 0 Å². The lowest BCUT2D eigenvalue weighted by Crippen LogP contribution is -2.09. The predicted octanol–water partition coefficient (Wildman–Crippen LogP) is 5.00. The summed E-state index contributed by atoms with van der Waals surface area (Å²) in [6.45, 7) is 12.2. The van der Waals surface area contributed by atoms with Crippen molar-refractivity contribution < 1.29 is 9.21 Å². The number of hydrogen-bond acceptors (Lipinski definition) is 5. The monoisotopic (exact) mass is 400 g/mol. The molecule has 3 rings (SSSR count). The van der Waals surface area contributed by atoms with Crippen molar-refractivity contribution in [3.8, 4) is 11.6 Å². The van der Waals surface area contributed by atoms with E-state index < -0.39 is 0 Å². The maximum atomic E-state index is 12.9. The van der Waals surface area contributed by atoms with Crippen LogP contribution in [0.15, 0.2) is 34.0 Å². The average molecular weight is 401 g/mol. The van der Waals surface area contributed by atoms with Crippen molar-refractivity contribution in [2.45, 2.75) is 59.3 Å². The molecule has 0 amide bonds. The quantitative estimate of drug-likeness (QED) is 0.374. The van der Waals surface area contributed by atoms with Crippen molar-refractivity contribution in [1.29, 1.82) is 0 Å². The highest BCUT2D eigenvalue weighted by atomic mass is 32.2. The molecule has 3 aromatic rings. The first-order valence-corrected chi connectivity index (χ1v) is 10.7. The molecule has 0 saturated carbocycles. The number of carbonyl (C=O) groups is 1. The fraction of sp³-hybridized carbons (Fsp3) is 0.476. The van der Waals surface area contributed by atoms with Gasteiger partial charge < -0.3 is 8.98 Å². The molecule has 3 heterocycles. The molecule has 0 aliphatic heterocycles. The zero-order valence-corrected chi connectivity index (χ0v) is 18.0. The second-order valence-corrected chi connectivity index (χ2v) is 8.30. The zero-order chi connectivity index (χ0) is 20.3. The SMILES string of the molecule is CCn1c(SCC(=O)c2cc(C)n(CCC(C)C)c2C)nnc1-c1ccco1. The summed E-state index contributed by atoms with van der Waals surface area (Å²) in [4.78, 5) is 12.9. The lowest BCUT2D eigenvalue weighted by atomic mass is 10.1. The van der Waals surface area contributed by atoms with Gasteiger partial charge >= 0.3 is 0 Å². The summed E-state index contributed by atoms with van der Waals surface area (Å²) in [5.41, 5.74) is 3.00. The van der Waals surface area contributed by atoms with E-state index in [0.29, 0.717) is 29.8 Å². The largest absolute Gasteiger partial charge is 0.461 e. The minimum atomic E-state index is 0.124. The van der Waals surface area contributed by atoms with Crippen LogP contribution in [0.3, 0.4) is 0 Å². The maximum Gasteiger partial charge on any atom is 0.200 e. The van der Waals surface area contributed by atoms with Gasteiger partial charge in [-0.1, -0.05) is 25.6 Å². The van der Waals surface area contributed by atoms with Crippen molar-refractivity contribution >= 4 is 17.5 Å². The van der Waals surface area contributed by atoms with E-state index in [1.54, 1.807) is 6.26 Å². The first kappa shape index (κ1) is 20.5. The first-order valence-electron chi connectivity index (χ1n) is 9.72. The van der Waals surface area contributed by atoms with E-state index in [-0.39, 0.29) is 5.78 Å². The van der Waals surface area contributed by atoms with Crippen LogP contribution >= 0.6 is 11.8 Å². The average Bonchev–Trinajstić information content (AvgIpc) is 3.37. The molecule has 28 heavy (non-hydrogen) atoms. The summed E-state index contributed by atoms with van der Waals surface area (Å²) in [5.74, 6) is 2.47. The Labute approximate surface area is 170 Å². The molecule has 3 aromatic heterocycles. The van der Waals surface area contributed by atoms with Crippen LogP contribution in [0.4, 0.5) is 0 Å². The topological polar surface area (TPSA) is 65.8 Å². The number of furan rings is 1. The highest BCUT2D eigenvalue weighted by Gasteiger charge is 2.19. The Bertz CT molecular complexity index is 938. The minimum absolute atomic E-state index is 0.124. The molecule has 0 spiro atoms. The maximum absolute atomic E-state index is 12.9. The van der Waals surface area contributed by atoms with Gasteiger partial charge in [-0.25, -0.2) is 0 Å². The molecule has 0 aliphatic rings. The lowest BCUT2D eigenvalue weighted by Gasteiger charge is -2.11. The molecular weight excluding hydrogens is 372 g/mol. The van der Waals surface area contributed by atoms with E-state index in [2.05, 4.69) is 35.5 Å². The highest BCUT2D eigenvalue weighted by Crippen LogP contribution is 2.26. The zero-order valence-electron chi connectivity index (χ0n) is 17.2. The molecule has 0 aliphatic carbocycles. The first-order chi connectivity index (χ1) is 13.4. The van der Waals surface area contributed by atoms with Gasteiger partial charge in [0.05, 0.1) is 12.0 Å². The van der Waals surface area contributed by atoms with Gasteiger partial charge in [0, 0.05) is 30.0 Å². The summed E-state index contributed by atoms with van der Waals surface area (Å²) >= 11 is 1.42. The van der Waals surface area contributed by atoms with Gasteiger partial charge in [-0.3, -0.25) is 9.36 Å². The van der Waals surface area contributed by atoms with Crippen LogP contribution in [0.25, 0.3) is 11.6 Å². The molecule has 6 nitrogen and oxygen atoms in total. The van der Waals surface area contributed by atoms with Crippen molar-refractivity contribution in [3.63, 3.8) is 0 Å². The molecule has 0 atom stereocenters. The Morgan fingerprint density at radius 3 is 2.68 bits per heavy atom. The number of aryl methyl sites for hydroxylation is 1. The number of thioether (sulfide) groups is 1. The molecule has 0 aromatic carbocycles. The molecule has 0 radical (unpaired) electrons. The summed E-state index contributed by atoms with van der Waals surface area (Å²) in [5, 5.41) is 9.23. The van der Waals surface area contributed by atoms with E-state index in [4.69, 9.17) is 4.42 Å². The van der Waals surface area contributed by atoms with Gasteiger partial charge in [0.2, 0.25) is 0 Å². The van der Waals surface area contributed by atoms with Gasteiger partial charge in [-0.2, -0.15) is 0 Å². The van der Waals surface area contributed by atoms with Crippen molar-refractivity contribution in [2.24, 2.45) is 5.92 Å². The number of aromatic nitrogens is 4. The van der Waals surface area contributed by atoms with Gasteiger partial charge in [0.1, 0.15) is 0 Å². The number of nitrogens with zero attached hydrogens (tertiary/aromatic N) is 4. The fourth-order valence-corrected chi connectivity index (χ4v) is 4.18. The van der Waals surface area contributed by atoms with E-state index in [1.165, 1.54) is 11.8 Å². The highest BCUT2D eigenvalue weighted by molar-refractivity contribution is 7.99. The Kier molecular flexibility index (Phi) is 6.44. The van der Waals surface area contributed by atoms with Crippen molar-refractivity contribution in [1.82, 2.24) is 19.3 Å². The van der Waals surface area contributed by atoms with Crippen LogP contribution in [0.1, 0.15) is 48.9 Å². The lowest BCUT2D eigenvalue weighted by molar-refractivity contribution is 0.102. The van der Waals surface area contributed by atoms with Gasteiger partial charge in [0.25, 0.3) is 0 Å². The van der Waals surface area contributed by atoms with Crippen LogP contribution in [0, 0.1) is 19.8 Å². The third kappa shape index (κ3) is 4.24. The standard InChI is InChI=1S/C21H28N4O2S/c1-6-24-20(19-8-7-11-27-19)22-23-21(24)28-13-18(26)17-12-15(4)25(16(17)5)10-9-14(2)3/h7-8,11-12,14H,6,9-10,13H2,1-5H3. The van der Waals surface area contributed by atoms with E-state index >= 15 is 0 Å². The molecular formula is C21H28N4O2S. The Morgan fingerprint density at radius 2 is 2.04 bits per heavy atom. The minimum Gasteiger partial charge on any atom is -0.461 e. The second-order valence-electron chi connectivity index (χ2n) is 7.36. The number of carbonyl (C=O) groups excluding carboxylic acids is 1. The number of ketones is 1. The number of hydrogen-bond donors (Lipinski definition) is 0. The van der Waals surface area contributed by atoms with Crippen molar-refractivity contribution in [3.05, 3.63) is 41.4 Å². The third-order valence-corrected chi connectivity index (χ3v) is 5.88. The summed E-state index contributed by atoms with van der Waals surface area (Å²) in [6, 6.07) is 5.70. The van der Waals surface area contributed by atoms with Gasteiger partial charge in [0.15, 0.2) is 22.5 Å². The third-order valence-electron chi connectivity index (χ3n) is 4.91. The van der Waals surface area contributed by atoms with Crippen LogP contribution < -0.4 is 0 Å². The van der Waals surface area contributed by atoms with E-state index in [0.717, 1.165) is 35.1 Å². The molecule has 0 fully saturated rings. The number of rotatable bonds is 9. The van der Waals surface area contributed by atoms with Crippen molar-refractivity contribution in [2.75, 3.05) is 5.75 Å². The summed E-state index contributed by atoms with van der Waals surface area (Å²) in [6.07, 6.45) is 2.73. The predicted molar refractivity (Wildman–Crippen MR) is 112 cm³/mol.